The molecular formula is C20H30FN3O3. The summed E-state index contributed by atoms with van der Waals surface area (Å²) in [6.45, 7) is 4.99. The third-order valence-electron chi connectivity index (χ3n) is 5.96. The number of halogens is 1. The number of hydrogen-bond donors (Lipinski definition) is 0. The molecule has 7 heteroatoms. The molecule has 1 amide bonds. The highest BCUT2D eigenvalue weighted by molar-refractivity contribution is 5.78. The van der Waals surface area contributed by atoms with Crippen molar-refractivity contribution >= 4 is 5.91 Å². The van der Waals surface area contributed by atoms with Gasteiger partial charge in [0.1, 0.15) is 5.82 Å². The van der Waals surface area contributed by atoms with Crippen LogP contribution in [0.25, 0.3) is 0 Å². The van der Waals surface area contributed by atoms with Gasteiger partial charge in [0.05, 0.1) is 25.8 Å². The van der Waals surface area contributed by atoms with Crippen molar-refractivity contribution in [3.8, 4) is 0 Å². The highest BCUT2D eigenvalue weighted by atomic mass is 19.1. The lowest BCUT2D eigenvalue weighted by Gasteiger charge is -2.39. The number of ether oxygens (including phenoxy) is 2. The van der Waals surface area contributed by atoms with Gasteiger partial charge >= 0.3 is 0 Å². The van der Waals surface area contributed by atoms with Gasteiger partial charge in [-0.05, 0) is 36.8 Å². The summed E-state index contributed by atoms with van der Waals surface area (Å²) in [5.41, 5.74) is 0.885. The molecule has 1 aromatic heterocycles. The first-order valence-corrected chi connectivity index (χ1v) is 9.65. The van der Waals surface area contributed by atoms with Crippen LogP contribution >= 0.6 is 0 Å². The number of hydrogen-bond acceptors (Lipinski definition) is 5. The van der Waals surface area contributed by atoms with E-state index in [0.717, 1.165) is 64.9 Å². The van der Waals surface area contributed by atoms with E-state index in [2.05, 4.69) is 9.88 Å². The molecule has 27 heavy (non-hydrogen) atoms. The van der Waals surface area contributed by atoms with Gasteiger partial charge in [-0.25, -0.2) is 4.39 Å². The molecule has 0 N–H and O–H groups in total. The second-order valence-electron chi connectivity index (χ2n) is 7.80. The molecular weight excluding hydrogens is 349 g/mol. The van der Waals surface area contributed by atoms with E-state index < -0.39 is 0 Å². The molecule has 2 aliphatic rings. The van der Waals surface area contributed by atoms with Gasteiger partial charge < -0.3 is 14.4 Å². The van der Waals surface area contributed by atoms with E-state index in [4.69, 9.17) is 9.47 Å². The molecule has 0 radical (unpaired) electrons. The fourth-order valence-corrected chi connectivity index (χ4v) is 4.45. The van der Waals surface area contributed by atoms with Gasteiger partial charge in [0.15, 0.2) is 0 Å². The molecule has 0 aliphatic carbocycles. The second-order valence-corrected chi connectivity index (χ2v) is 7.80. The number of likely N-dealkylation sites (tertiary alicyclic amines) is 2. The Labute approximate surface area is 160 Å². The molecule has 2 aliphatic heterocycles. The molecule has 1 unspecified atom stereocenters. The van der Waals surface area contributed by atoms with Crippen LogP contribution in [0.5, 0.6) is 0 Å². The summed E-state index contributed by atoms with van der Waals surface area (Å²) in [6.07, 6.45) is 4.54. The van der Waals surface area contributed by atoms with Crippen molar-refractivity contribution in [3.63, 3.8) is 0 Å². The number of aromatic nitrogens is 1. The number of pyridine rings is 1. The first-order valence-electron chi connectivity index (χ1n) is 9.65. The fraction of sp³-hybridized carbons (Fsp3) is 0.700. The van der Waals surface area contributed by atoms with Gasteiger partial charge in [0.2, 0.25) is 5.91 Å². The lowest BCUT2D eigenvalue weighted by molar-refractivity contribution is -0.132. The Morgan fingerprint density at radius 2 is 2.07 bits per heavy atom. The average Bonchev–Trinajstić information content (AvgIpc) is 2.99. The maximum atomic E-state index is 13.0. The summed E-state index contributed by atoms with van der Waals surface area (Å²) in [5, 5.41) is 0. The van der Waals surface area contributed by atoms with Crippen molar-refractivity contribution in [1.29, 1.82) is 0 Å². The van der Waals surface area contributed by atoms with Crippen LogP contribution in [0.3, 0.4) is 0 Å². The van der Waals surface area contributed by atoms with E-state index in [1.807, 2.05) is 4.90 Å². The highest BCUT2D eigenvalue weighted by Crippen LogP contribution is 2.43. The summed E-state index contributed by atoms with van der Waals surface area (Å²) in [6, 6.07) is 3.36. The van der Waals surface area contributed by atoms with E-state index in [0.29, 0.717) is 11.7 Å². The largest absolute Gasteiger partial charge is 0.383 e. The minimum atomic E-state index is -0.379. The Kier molecular flexibility index (Phi) is 6.78. The predicted molar refractivity (Wildman–Crippen MR) is 99.9 cm³/mol. The topological polar surface area (TPSA) is 54.9 Å². The lowest BCUT2D eigenvalue weighted by atomic mass is 9.76. The number of piperidine rings is 1. The normalized spacial score (nSPS) is 22.5. The van der Waals surface area contributed by atoms with E-state index in [1.54, 1.807) is 20.3 Å². The summed E-state index contributed by atoms with van der Waals surface area (Å²) >= 11 is 0. The van der Waals surface area contributed by atoms with Gasteiger partial charge in [-0.1, -0.05) is 0 Å². The quantitative estimate of drug-likeness (QED) is 0.722. The highest BCUT2D eigenvalue weighted by Gasteiger charge is 2.45. The maximum Gasteiger partial charge on any atom is 0.228 e. The third kappa shape index (κ3) is 5.03. The Morgan fingerprint density at radius 1 is 1.30 bits per heavy atom. The Morgan fingerprint density at radius 3 is 2.70 bits per heavy atom. The second kappa shape index (κ2) is 9.08. The smallest absolute Gasteiger partial charge is 0.228 e. The molecule has 0 aromatic carbocycles. The van der Waals surface area contributed by atoms with Crippen molar-refractivity contribution in [1.82, 2.24) is 14.8 Å². The van der Waals surface area contributed by atoms with E-state index in [-0.39, 0.29) is 23.6 Å². The molecule has 1 atom stereocenters. The van der Waals surface area contributed by atoms with Crippen LogP contribution in [-0.4, -0.2) is 80.3 Å². The van der Waals surface area contributed by atoms with Crippen LogP contribution < -0.4 is 0 Å². The van der Waals surface area contributed by atoms with Crippen LogP contribution in [0.1, 0.15) is 25.0 Å². The van der Waals surface area contributed by atoms with Gasteiger partial charge in [-0.15, -0.1) is 0 Å². The van der Waals surface area contributed by atoms with Gasteiger partial charge in [-0.2, -0.15) is 0 Å². The number of carbonyl (C=O) groups is 1. The minimum Gasteiger partial charge on any atom is -0.383 e. The Balaban J connectivity index is 1.54. The monoisotopic (exact) mass is 379 g/mol. The molecule has 6 nitrogen and oxygen atoms in total. The van der Waals surface area contributed by atoms with Crippen molar-refractivity contribution in [2.24, 2.45) is 5.41 Å². The van der Waals surface area contributed by atoms with Gasteiger partial charge in [0.25, 0.3) is 0 Å². The van der Waals surface area contributed by atoms with Gasteiger partial charge in [0, 0.05) is 52.1 Å². The van der Waals surface area contributed by atoms with Crippen LogP contribution in [0.4, 0.5) is 4.39 Å². The molecule has 150 valence electrons. The first kappa shape index (κ1) is 20.2. The van der Waals surface area contributed by atoms with Crippen LogP contribution in [0.2, 0.25) is 0 Å². The average molecular weight is 379 g/mol. The molecule has 2 saturated heterocycles. The Hall–Kier alpha value is -1.57. The lowest BCUT2D eigenvalue weighted by Crippen LogP contribution is -2.45. The Bertz CT molecular complexity index is 617. The van der Waals surface area contributed by atoms with Gasteiger partial charge in [-0.3, -0.25) is 14.7 Å². The van der Waals surface area contributed by atoms with Crippen LogP contribution in [0, 0.1) is 11.2 Å². The van der Waals surface area contributed by atoms with Crippen molar-refractivity contribution in [2.45, 2.75) is 31.7 Å². The van der Waals surface area contributed by atoms with Crippen molar-refractivity contribution < 1.29 is 18.7 Å². The fourth-order valence-electron chi connectivity index (χ4n) is 4.45. The minimum absolute atomic E-state index is 0.0756. The summed E-state index contributed by atoms with van der Waals surface area (Å²) in [7, 11) is 3.49. The molecule has 1 spiro atoms. The zero-order valence-electron chi connectivity index (χ0n) is 16.3. The van der Waals surface area contributed by atoms with E-state index in [1.165, 1.54) is 6.07 Å². The zero-order chi connectivity index (χ0) is 19.3. The molecule has 1 aromatic rings. The zero-order valence-corrected chi connectivity index (χ0v) is 16.3. The van der Waals surface area contributed by atoms with Crippen LogP contribution in [-0.2, 0) is 20.7 Å². The van der Waals surface area contributed by atoms with Crippen LogP contribution in [0.15, 0.2) is 18.3 Å². The number of amides is 1. The maximum absolute atomic E-state index is 13.0. The summed E-state index contributed by atoms with van der Waals surface area (Å²) in [5.74, 6) is -0.303. The summed E-state index contributed by atoms with van der Waals surface area (Å²) < 4.78 is 23.6. The number of methoxy groups -OCH3 is 2. The molecule has 0 saturated carbocycles. The molecule has 2 fully saturated rings. The number of carbonyl (C=O) groups excluding carboxylic acids is 1. The van der Waals surface area contributed by atoms with E-state index in [9.17, 15) is 9.18 Å². The van der Waals surface area contributed by atoms with Crippen molar-refractivity contribution in [3.05, 3.63) is 29.8 Å². The first-order chi connectivity index (χ1) is 13.0. The summed E-state index contributed by atoms with van der Waals surface area (Å²) in [4.78, 5) is 21.0. The number of nitrogens with zero attached hydrogens (tertiary/aromatic N) is 3. The van der Waals surface area contributed by atoms with Crippen molar-refractivity contribution in [2.75, 3.05) is 53.6 Å². The molecule has 0 bridgehead atoms. The third-order valence-corrected chi connectivity index (χ3v) is 5.96. The molecule has 3 rings (SSSR count). The van der Waals surface area contributed by atoms with E-state index >= 15 is 0 Å². The SMILES string of the molecule is COCCN1CC2(CCN(C(=O)Cc3ccc(F)cn3)CC2)CC1COC. The molecule has 3 heterocycles. The standard InChI is InChI=1S/C20H30FN3O3/c1-26-10-9-24-15-20(12-18(24)14-27-2)5-7-23(8-6-20)19(25)11-17-4-3-16(21)13-22-17/h3-4,13,18H,5-12,14-15H2,1-2H3. The predicted octanol–water partition coefficient (Wildman–Crippen LogP) is 1.74. The number of rotatable bonds is 7.